The van der Waals surface area contributed by atoms with Gasteiger partial charge in [-0.15, -0.1) is 0 Å². The summed E-state index contributed by atoms with van der Waals surface area (Å²) >= 11 is 0. The van der Waals surface area contributed by atoms with Crippen LogP contribution in [-0.4, -0.2) is 46.7 Å². The number of morpholine rings is 1. The number of carboxylic acids is 1. The molecule has 1 heterocycles. The first-order valence-corrected chi connectivity index (χ1v) is 6.76. The molecule has 0 saturated carbocycles. The average molecular weight is 294 g/mol. The van der Waals surface area contributed by atoms with Crippen LogP contribution < -0.4 is 0 Å². The number of aliphatic carboxylic acids is 1. The zero-order valence-corrected chi connectivity index (χ0v) is 11.8. The van der Waals surface area contributed by atoms with Gasteiger partial charge in [0.25, 0.3) is 5.69 Å². The number of nitro groups is 1. The molecule has 1 aromatic carbocycles. The predicted molar refractivity (Wildman–Crippen MR) is 75.1 cm³/mol. The molecule has 1 aliphatic rings. The maximum absolute atomic E-state index is 10.9. The highest BCUT2D eigenvalue weighted by atomic mass is 16.6. The Balaban J connectivity index is 2.06. The average Bonchev–Trinajstić information content (AvgIpc) is 2.40. The Morgan fingerprint density at radius 2 is 2.33 bits per heavy atom. The van der Waals surface area contributed by atoms with Crippen molar-refractivity contribution in [1.29, 1.82) is 0 Å². The number of nitrogens with zero attached hydrogens (tertiary/aromatic N) is 2. The van der Waals surface area contributed by atoms with E-state index in [1.165, 1.54) is 6.07 Å². The molecule has 0 bridgehead atoms. The van der Waals surface area contributed by atoms with Crippen molar-refractivity contribution in [2.45, 2.75) is 26.0 Å². The van der Waals surface area contributed by atoms with Crippen molar-refractivity contribution in [1.82, 2.24) is 4.90 Å². The van der Waals surface area contributed by atoms with E-state index >= 15 is 0 Å². The molecule has 0 amide bonds. The molecule has 0 radical (unpaired) electrons. The third-order valence-corrected chi connectivity index (χ3v) is 3.63. The smallest absolute Gasteiger partial charge is 0.306 e. The monoisotopic (exact) mass is 294 g/mol. The van der Waals surface area contributed by atoms with E-state index in [4.69, 9.17) is 9.84 Å². The van der Waals surface area contributed by atoms with Gasteiger partial charge in [0.05, 0.1) is 24.1 Å². The van der Waals surface area contributed by atoms with Gasteiger partial charge in [0.2, 0.25) is 0 Å². The number of carbonyl (C=O) groups is 1. The van der Waals surface area contributed by atoms with Crippen LogP contribution in [-0.2, 0) is 16.1 Å². The van der Waals surface area contributed by atoms with Crippen LogP contribution >= 0.6 is 0 Å². The zero-order valence-electron chi connectivity index (χ0n) is 11.8. The van der Waals surface area contributed by atoms with Gasteiger partial charge < -0.3 is 9.84 Å². The van der Waals surface area contributed by atoms with E-state index in [1.54, 1.807) is 13.0 Å². The zero-order chi connectivity index (χ0) is 15.4. The summed E-state index contributed by atoms with van der Waals surface area (Å²) < 4.78 is 5.42. The quantitative estimate of drug-likeness (QED) is 0.654. The maximum atomic E-state index is 10.9. The molecule has 1 aliphatic heterocycles. The standard InChI is InChI=1S/C14H18N2O5/c1-10-11(3-2-4-13(10)16(19)20)8-15-5-6-21-12(9-15)7-14(17)18/h2-4,12H,5-9H2,1H3,(H,17,18). The van der Waals surface area contributed by atoms with Gasteiger partial charge in [0.15, 0.2) is 0 Å². The Kier molecular flexibility index (Phi) is 4.87. The molecular formula is C14H18N2O5. The van der Waals surface area contributed by atoms with Crippen molar-refractivity contribution < 1.29 is 19.6 Å². The second-order valence-corrected chi connectivity index (χ2v) is 5.14. The third-order valence-electron chi connectivity index (χ3n) is 3.63. The molecule has 1 aromatic rings. The van der Waals surface area contributed by atoms with Crippen LogP contribution in [0.5, 0.6) is 0 Å². The Morgan fingerprint density at radius 1 is 1.57 bits per heavy atom. The first kappa shape index (κ1) is 15.4. The van der Waals surface area contributed by atoms with E-state index < -0.39 is 5.97 Å². The molecule has 1 fully saturated rings. The second-order valence-electron chi connectivity index (χ2n) is 5.14. The lowest BCUT2D eigenvalue weighted by Gasteiger charge is -2.32. The summed E-state index contributed by atoms with van der Waals surface area (Å²) in [6.07, 6.45) is -0.347. The summed E-state index contributed by atoms with van der Waals surface area (Å²) in [5, 5.41) is 19.8. The highest BCUT2D eigenvalue weighted by Gasteiger charge is 2.24. The molecule has 21 heavy (non-hydrogen) atoms. The number of benzene rings is 1. The Morgan fingerprint density at radius 3 is 3.00 bits per heavy atom. The molecule has 1 N–H and O–H groups in total. The molecule has 0 aliphatic carbocycles. The summed E-state index contributed by atoms with van der Waals surface area (Å²) in [5.74, 6) is -0.881. The minimum Gasteiger partial charge on any atom is -0.481 e. The van der Waals surface area contributed by atoms with E-state index in [0.717, 1.165) is 5.56 Å². The van der Waals surface area contributed by atoms with Gasteiger partial charge in [-0.05, 0) is 12.5 Å². The molecule has 2 rings (SSSR count). The fourth-order valence-corrected chi connectivity index (χ4v) is 2.52. The van der Waals surface area contributed by atoms with Crippen LogP contribution in [0.15, 0.2) is 18.2 Å². The first-order chi connectivity index (χ1) is 9.97. The number of carboxylic acid groups (broad SMARTS) is 1. The highest BCUT2D eigenvalue weighted by molar-refractivity contribution is 5.67. The SMILES string of the molecule is Cc1c(CN2CCOC(CC(=O)O)C2)cccc1[N+](=O)[O-]. The van der Waals surface area contributed by atoms with Gasteiger partial charge in [-0.2, -0.15) is 0 Å². The van der Waals surface area contributed by atoms with Crippen LogP contribution in [0.4, 0.5) is 5.69 Å². The lowest BCUT2D eigenvalue weighted by atomic mass is 10.1. The van der Waals surface area contributed by atoms with Crippen LogP contribution in [0.2, 0.25) is 0 Å². The van der Waals surface area contributed by atoms with Crippen molar-refractivity contribution in [3.8, 4) is 0 Å². The van der Waals surface area contributed by atoms with E-state index in [-0.39, 0.29) is 23.1 Å². The molecule has 1 unspecified atom stereocenters. The van der Waals surface area contributed by atoms with Crippen molar-refractivity contribution in [2.75, 3.05) is 19.7 Å². The van der Waals surface area contributed by atoms with E-state index in [1.807, 2.05) is 6.07 Å². The van der Waals surface area contributed by atoms with Gasteiger partial charge in [-0.3, -0.25) is 19.8 Å². The summed E-state index contributed by atoms with van der Waals surface area (Å²) in [6, 6.07) is 5.03. The summed E-state index contributed by atoms with van der Waals surface area (Å²) in [4.78, 5) is 23.4. The van der Waals surface area contributed by atoms with E-state index in [9.17, 15) is 14.9 Å². The van der Waals surface area contributed by atoms with Gasteiger partial charge >= 0.3 is 5.97 Å². The van der Waals surface area contributed by atoms with Gasteiger partial charge in [-0.25, -0.2) is 0 Å². The van der Waals surface area contributed by atoms with Crippen LogP contribution in [0.25, 0.3) is 0 Å². The van der Waals surface area contributed by atoms with Crippen molar-refractivity contribution in [2.24, 2.45) is 0 Å². The predicted octanol–water partition coefficient (Wildman–Crippen LogP) is 1.58. The van der Waals surface area contributed by atoms with Gasteiger partial charge in [0, 0.05) is 31.3 Å². The summed E-state index contributed by atoms with van der Waals surface area (Å²) in [5.41, 5.74) is 1.66. The molecule has 0 spiro atoms. The lowest BCUT2D eigenvalue weighted by molar-refractivity contribution is -0.385. The van der Waals surface area contributed by atoms with Crippen molar-refractivity contribution in [3.05, 3.63) is 39.4 Å². The minimum atomic E-state index is -0.881. The molecule has 1 atom stereocenters. The van der Waals surface area contributed by atoms with Crippen molar-refractivity contribution >= 4 is 11.7 Å². The molecule has 7 heteroatoms. The fourth-order valence-electron chi connectivity index (χ4n) is 2.52. The molecular weight excluding hydrogens is 276 g/mol. The first-order valence-electron chi connectivity index (χ1n) is 6.76. The van der Waals surface area contributed by atoms with E-state index in [2.05, 4.69) is 4.90 Å². The minimum absolute atomic E-state index is 0.0234. The number of ether oxygens (including phenoxy) is 1. The van der Waals surface area contributed by atoms with Crippen LogP contribution in [0.3, 0.4) is 0 Å². The topological polar surface area (TPSA) is 92.9 Å². The van der Waals surface area contributed by atoms with Crippen molar-refractivity contribution in [3.63, 3.8) is 0 Å². The molecule has 114 valence electrons. The van der Waals surface area contributed by atoms with Gasteiger partial charge in [-0.1, -0.05) is 12.1 Å². The Bertz CT molecular complexity index is 546. The fraction of sp³-hybridized carbons (Fsp3) is 0.500. The lowest BCUT2D eigenvalue weighted by Crippen LogP contribution is -2.42. The number of nitro benzene ring substituents is 1. The van der Waals surface area contributed by atoms with E-state index in [0.29, 0.717) is 31.8 Å². The summed E-state index contributed by atoms with van der Waals surface area (Å²) in [7, 11) is 0. The number of rotatable bonds is 5. The summed E-state index contributed by atoms with van der Waals surface area (Å²) in [6.45, 7) is 3.99. The molecule has 0 aromatic heterocycles. The maximum Gasteiger partial charge on any atom is 0.306 e. The Hall–Kier alpha value is -1.99. The van der Waals surface area contributed by atoms with Crippen LogP contribution in [0.1, 0.15) is 17.5 Å². The van der Waals surface area contributed by atoms with Crippen LogP contribution in [0, 0.1) is 17.0 Å². The molecule has 1 saturated heterocycles. The Labute approximate surface area is 122 Å². The third kappa shape index (κ3) is 3.99. The molecule has 7 nitrogen and oxygen atoms in total. The highest BCUT2D eigenvalue weighted by Crippen LogP contribution is 2.23. The largest absolute Gasteiger partial charge is 0.481 e. The van der Waals surface area contributed by atoms with Gasteiger partial charge in [0.1, 0.15) is 0 Å². The second kappa shape index (κ2) is 6.64. The number of hydrogen-bond acceptors (Lipinski definition) is 5. The number of hydrogen-bond donors (Lipinski definition) is 1. The normalized spacial score (nSPS) is 19.4.